The fourth-order valence-electron chi connectivity index (χ4n) is 6.47. The number of hydrogen-bond acceptors (Lipinski definition) is 3. The third-order valence-corrected chi connectivity index (χ3v) is 7.80. The van der Waals surface area contributed by atoms with Gasteiger partial charge in [-0.3, -0.25) is 0 Å². The molecule has 0 heterocycles. The van der Waals surface area contributed by atoms with Crippen molar-refractivity contribution in [2.45, 2.75) is 58.2 Å². The van der Waals surface area contributed by atoms with Gasteiger partial charge < -0.3 is 14.8 Å². The van der Waals surface area contributed by atoms with Gasteiger partial charge in [-0.2, -0.15) is 0 Å². The highest BCUT2D eigenvalue weighted by molar-refractivity contribution is 6.32. The standard InChI is InChI=1S/C26H32ClNO2/c1-16-4-3-5-17(6-16)15-30-26-23(27)12-20(13-24(26)29-2)14-28-25-21-8-18-7-19(10-21)11-22(25)9-18/h3-6,12-13,18-19,21-22,25,28H,7-11,14-15H2,1-2H3. The average molecular weight is 426 g/mol. The van der Waals surface area contributed by atoms with Crippen molar-refractivity contribution in [1.29, 1.82) is 0 Å². The normalized spacial score (nSPS) is 29.2. The molecule has 6 rings (SSSR count). The van der Waals surface area contributed by atoms with Crippen LogP contribution in [0.3, 0.4) is 0 Å². The molecule has 0 saturated heterocycles. The van der Waals surface area contributed by atoms with Crippen molar-refractivity contribution >= 4 is 11.6 Å². The summed E-state index contributed by atoms with van der Waals surface area (Å²) in [5.74, 6) is 5.08. The van der Waals surface area contributed by atoms with Crippen LogP contribution in [0.2, 0.25) is 5.02 Å². The first-order chi connectivity index (χ1) is 14.6. The Morgan fingerprint density at radius 2 is 1.70 bits per heavy atom. The molecule has 30 heavy (non-hydrogen) atoms. The molecule has 4 saturated carbocycles. The Bertz CT molecular complexity index is 884. The van der Waals surface area contributed by atoms with E-state index in [4.69, 9.17) is 21.1 Å². The van der Waals surface area contributed by atoms with Crippen LogP contribution in [0.15, 0.2) is 36.4 Å². The zero-order valence-electron chi connectivity index (χ0n) is 18.0. The first kappa shape index (κ1) is 20.2. The number of methoxy groups -OCH3 is 1. The van der Waals surface area contributed by atoms with Crippen LogP contribution in [0, 0.1) is 30.6 Å². The van der Waals surface area contributed by atoms with Crippen LogP contribution in [-0.2, 0) is 13.2 Å². The number of halogens is 1. The van der Waals surface area contributed by atoms with E-state index >= 15 is 0 Å². The van der Waals surface area contributed by atoms with Gasteiger partial charge in [-0.25, -0.2) is 0 Å². The lowest BCUT2D eigenvalue weighted by molar-refractivity contribution is -0.0142. The highest BCUT2D eigenvalue weighted by atomic mass is 35.5. The van der Waals surface area contributed by atoms with Crippen molar-refractivity contribution in [3.8, 4) is 11.5 Å². The molecule has 0 amide bonds. The van der Waals surface area contributed by atoms with Crippen LogP contribution in [0.1, 0.15) is 48.8 Å². The van der Waals surface area contributed by atoms with Crippen molar-refractivity contribution in [1.82, 2.24) is 5.32 Å². The van der Waals surface area contributed by atoms with E-state index in [9.17, 15) is 0 Å². The molecule has 2 aromatic carbocycles. The van der Waals surface area contributed by atoms with E-state index in [-0.39, 0.29) is 0 Å². The first-order valence-corrected chi connectivity index (χ1v) is 11.7. The van der Waals surface area contributed by atoms with E-state index in [2.05, 4.69) is 36.5 Å². The van der Waals surface area contributed by atoms with Gasteiger partial charge in [-0.15, -0.1) is 0 Å². The molecular weight excluding hydrogens is 394 g/mol. The maximum Gasteiger partial charge on any atom is 0.180 e. The fourth-order valence-corrected chi connectivity index (χ4v) is 6.75. The van der Waals surface area contributed by atoms with Gasteiger partial charge in [0.15, 0.2) is 11.5 Å². The molecule has 4 aliphatic carbocycles. The van der Waals surface area contributed by atoms with Crippen LogP contribution in [-0.4, -0.2) is 13.2 Å². The Kier molecular flexibility index (Phi) is 5.68. The Morgan fingerprint density at radius 3 is 2.37 bits per heavy atom. The molecule has 4 fully saturated rings. The molecule has 2 aromatic rings. The fraction of sp³-hybridized carbons (Fsp3) is 0.538. The average Bonchev–Trinajstić information content (AvgIpc) is 2.71. The lowest BCUT2D eigenvalue weighted by Gasteiger charge is -2.54. The minimum Gasteiger partial charge on any atom is -0.493 e. The second-order valence-electron chi connectivity index (χ2n) is 9.72. The zero-order chi connectivity index (χ0) is 20.7. The van der Waals surface area contributed by atoms with Crippen molar-refractivity contribution in [3.63, 3.8) is 0 Å². The predicted molar refractivity (Wildman–Crippen MR) is 121 cm³/mol. The predicted octanol–water partition coefficient (Wildman–Crippen LogP) is 6.15. The van der Waals surface area contributed by atoms with Crippen LogP contribution in [0.4, 0.5) is 0 Å². The SMILES string of the molecule is COc1cc(CNC2C3CC4CC(C3)CC2C4)cc(Cl)c1OCc1cccc(C)c1. The highest BCUT2D eigenvalue weighted by Crippen LogP contribution is 2.53. The van der Waals surface area contributed by atoms with Crippen LogP contribution in [0.5, 0.6) is 11.5 Å². The smallest absolute Gasteiger partial charge is 0.180 e. The van der Waals surface area contributed by atoms with E-state index < -0.39 is 0 Å². The van der Waals surface area contributed by atoms with Crippen LogP contribution < -0.4 is 14.8 Å². The maximum atomic E-state index is 6.62. The largest absolute Gasteiger partial charge is 0.493 e. The van der Waals surface area contributed by atoms with Gasteiger partial charge in [0.2, 0.25) is 0 Å². The monoisotopic (exact) mass is 425 g/mol. The van der Waals surface area contributed by atoms with Gasteiger partial charge in [-0.05, 0) is 86.0 Å². The summed E-state index contributed by atoms with van der Waals surface area (Å²) < 4.78 is 11.7. The number of ether oxygens (including phenoxy) is 2. The zero-order valence-corrected chi connectivity index (χ0v) is 18.8. The van der Waals surface area contributed by atoms with Crippen LogP contribution in [0.25, 0.3) is 0 Å². The third kappa shape index (κ3) is 4.07. The van der Waals surface area contributed by atoms with Gasteiger partial charge in [0, 0.05) is 12.6 Å². The second-order valence-corrected chi connectivity index (χ2v) is 10.1. The van der Waals surface area contributed by atoms with Gasteiger partial charge in [0.1, 0.15) is 6.61 Å². The van der Waals surface area contributed by atoms with E-state index in [0.29, 0.717) is 29.2 Å². The quantitative estimate of drug-likeness (QED) is 0.577. The van der Waals surface area contributed by atoms with E-state index in [1.807, 2.05) is 12.1 Å². The Labute approximate surface area is 185 Å². The van der Waals surface area contributed by atoms with E-state index in [0.717, 1.165) is 41.3 Å². The summed E-state index contributed by atoms with van der Waals surface area (Å²) in [4.78, 5) is 0. The van der Waals surface area contributed by atoms with Gasteiger partial charge in [0.25, 0.3) is 0 Å². The Balaban J connectivity index is 1.25. The first-order valence-electron chi connectivity index (χ1n) is 11.4. The molecule has 0 unspecified atom stereocenters. The van der Waals surface area contributed by atoms with Crippen molar-refractivity contribution in [2.75, 3.05) is 7.11 Å². The topological polar surface area (TPSA) is 30.5 Å². The van der Waals surface area contributed by atoms with Crippen molar-refractivity contribution in [3.05, 3.63) is 58.1 Å². The summed E-state index contributed by atoms with van der Waals surface area (Å²) in [6.07, 6.45) is 7.22. The second kappa shape index (κ2) is 8.43. The molecule has 0 spiro atoms. The van der Waals surface area contributed by atoms with Crippen molar-refractivity contribution in [2.24, 2.45) is 23.7 Å². The molecule has 3 nitrogen and oxygen atoms in total. The lowest BCUT2D eigenvalue weighted by atomic mass is 9.54. The summed E-state index contributed by atoms with van der Waals surface area (Å²) in [5, 5.41) is 4.50. The number of rotatable bonds is 7. The Hall–Kier alpha value is -1.71. The molecule has 4 aliphatic rings. The maximum absolute atomic E-state index is 6.62. The summed E-state index contributed by atoms with van der Waals surface area (Å²) in [7, 11) is 1.68. The third-order valence-electron chi connectivity index (χ3n) is 7.52. The molecule has 4 bridgehead atoms. The molecule has 0 atom stereocenters. The summed E-state index contributed by atoms with van der Waals surface area (Å²) in [6, 6.07) is 13.1. The molecular formula is C26H32ClNO2. The summed E-state index contributed by atoms with van der Waals surface area (Å²) in [5.41, 5.74) is 3.51. The van der Waals surface area contributed by atoms with Gasteiger partial charge >= 0.3 is 0 Å². The molecule has 0 aliphatic heterocycles. The van der Waals surface area contributed by atoms with Gasteiger partial charge in [0.05, 0.1) is 12.1 Å². The number of benzene rings is 2. The number of aryl methyl sites for hydroxylation is 1. The Morgan fingerprint density at radius 1 is 0.967 bits per heavy atom. The summed E-state index contributed by atoms with van der Waals surface area (Å²) >= 11 is 6.62. The van der Waals surface area contributed by atoms with Crippen LogP contribution >= 0.6 is 11.6 Å². The molecule has 4 heteroatoms. The van der Waals surface area contributed by atoms with Crippen molar-refractivity contribution < 1.29 is 9.47 Å². The molecule has 0 aromatic heterocycles. The highest BCUT2D eigenvalue weighted by Gasteiger charge is 2.47. The minimum atomic E-state index is 0.475. The van der Waals surface area contributed by atoms with Gasteiger partial charge in [-0.1, -0.05) is 41.4 Å². The molecule has 1 N–H and O–H groups in total. The van der Waals surface area contributed by atoms with E-state index in [1.165, 1.54) is 37.7 Å². The summed E-state index contributed by atoms with van der Waals surface area (Å²) in [6.45, 7) is 3.40. The lowest BCUT2D eigenvalue weighted by Crippen LogP contribution is -2.54. The number of nitrogens with one attached hydrogen (secondary N) is 1. The minimum absolute atomic E-state index is 0.475. The van der Waals surface area contributed by atoms with E-state index in [1.54, 1.807) is 7.11 Å². The molecule has 0 radical (unpaired) electrons. The molecule has 160 valence electrons. The number of hydrogen-bond donors (Lipinski definition) is 1.